The van der Waals surface area contributed by atoms with Crippen LogP contribution in [0, 0.1) is 5.82 Å². The van der Waals surface area contributed by atoms with Gasteiger partial charge in [0, 0.05) is 18.5 Å². The van der Waals surface area contributed by atoms with Gasteiger partial charge in [0.15, 0.2) is 0 Å². The number of hydrogen-bond acceptors (Lipinski definition) is 2. The minimum absolute atomic E-state index is 0.216. The highest BCUT2D eigenvalue weighted by molar-refractivity contribution is 5.86. The summed E-state index contributed by atoms with van der Waals surface area (Å²) >= 11 is 0. The monoisotopic (exact) mass is 323 g/mol. The predicted molar refractivity (Wildman–Crippen MR) is 92.1 cm³/mol. The van der Waals surface area contributed by atoms with E-state index in [-0.39, 0.29) is 11.7 Å². The molecule has 3 rings (SSSR count). The predicted octanol–water partition coefficient (Wildman–Crippen LogP) is 3.07. The van der Waals surface area contributed by atoms with E-state index in [9.17, 15) is 9.18 Å². The highest BCUT2D eigenvalue weighted by atomic mass is 19.1. The van der Waals surface area contributed by atoms with Gasteiger partial charge in [0.1, 0.15) is 11.6 Å². The molecular weight excluding hydrogens is 305 g/mol. The first-order valence-electron chi connectivity index (χ1n) is 7.77. The van der Waals surface area contributed by atoms with Crippen LogP contribution in [0.3, 0.4) is 0 Å². The maximum Gasteiger partial charge on any atom is 0.243 e. The number of nitrogens with one attached hydrogen (secondary N) is 1. The van der Waals surface area contributed by atoms with Gasteiger partial charge in [0.2, 0.25) is 5.91 Å². The molecule has 0 unspecified atom stereocenters. The summed E-state index contributed by atoms with van der Waals surface area (Å²) in [6.07, 6.45) is 1.80. The molecule has 0 aliphatic rings. The number of fused-ring (bicyclic) bond motifs is 1. The molecule has 4 nitrogen and oxygen atoms in total. The molecule has 1 heterocycles. The normalized spacial score (nSPS) is 10.7. The fourth-order valence-corrected chi connectivity index (χ4v) is 2.66. The van der Waals surface area contributed by atoms with Gasteiger partial charge in [-0.25, -0.2) is 9.37 Å². The number of imidazole rings is 1. The van der Waals surface area contributed by atoms with Crippen LogP contribution in [0.5, 0.6) is 0 Å². The number of rotatable bonds is 6. The van der Waals surface area contributed by atoms with E-state index in [0.717, 1.165) is 16.9 Å². The maximum absolute atomic E-state index is 14.0. The van der Waals surface area contributed by atoms with E-state index in [1.54, 1.807) is 12.1 Å². The van der Waals surface area contributed by atoms with E-state index < -0.39 is 0 Å². The van der Waals surface area contributed by atoms with E-state index in [0.29, 0.717) is 25.1 Å². The standard InChI is InChI=1S/C19H18FN3O/c1-2-19(24)21-12-11-18-22-16-9-5-6-10-17(16)23(18)13-14-7-3-4-8-15(14)20/h2-10H,1,11-13H2,(H,21,24). The third kappa shape index (κ3) is 3.35. The lowest BCUT2D eigenvalue weighted by Gasteiger charge is -2.10. The Morgan fingerprint density at radius 2 is 1.96 bits per heavy atom. The van der Waals surface area contributed by atoms with Crippen molar-refractivity contribution in [3.8, 4) is 0 Å². The lowest BCUT2D eigenvalue weighted by atomic mass is 10.2. The van der Waals surface area contributed by atoms with Gasteiger partial charge in [0.25, 0.3) is 0 Å². The van der Waals surface area contributed by atoms with E-state index in [2.05, 4.69) is 16.9 Å². The van der Waals surface area contributed by atoms with Crippen LogP contribution in [0.4, 0.5) is 4.39 Å². The van der Waals surface area contributed by atoms with Crippen LogP contribution in [-0.4, -0.2) is 22.0 Å². The summed E-state index contributed by atoms with van der Waals surface area (Å²) in [6.45, 7) is 4.28. The SMILES string of the molecule is C=CC(=O)NCCc1nc2ccccc2n1Cc1ccccc1F. The highest BCUT2D eigenvalue weighted by Crippen LogP contribution is 2.19. The molecule has 0 atom stereocenters. The van der Waals surface area contributed by atoms with Gasteiger partial charge in [-0.15, -0.1) is 0 Å². The van der Waals surface area contributed by atoms with Crippen molar-refractivity contribution in [3.05, 3.63) is 78.4 Å². The zero-order valence-corrected chi connectivity index (χ0v) is 13.2. The molecule has 0 saturated carbocycles. The zero-order chi connectivity index (χ0) is 16.9. The van der Waals surface area contributed by atoms with Crippen molar-refractivity contribution in [2.24, 2.45) is 0 Å². The Morgan fingerprint density at radius 3 is 2.75 bits per heavy atom. The van der Waals surface area contributed by atoms with Gasteiger partial charge in [-0.2, -0.15) is 0 Å². The number of amides is 1. The fourth-order valence-electron chi connectivity index (χ4n) is 2.66. The number of nitrogens with zero attached hydrogens (tertiary/aromatic N) is 2. The van der Waals surface area contributed by atoms with E-state index in [1.165, 1.54) is 12.1 Å². The fraction of sp³-hybridized carbons (Fsp3) is 0.158. The summed E-state index contributed by atoms with van der Waals surface area (Å²) in [5, 5.41) is 2.74. The number of aromatic nitrogens is 2. The third-order valence-electron chi connectivity index (χ3n) is 3.85. The summed E-state index contributed by atoms with van der Waals surface area (Å²) in [7, 11) is 0. The molecule has 0 aliphatic heterocycles. The molecule has 0 radical (unpaired) electrons. The van der Waals surface area contributed by atoms with Crippen LogP contribution in [-0.2, 0) is 17.8 Å². The molecule has 0 aliphatic carbocycles. The average Bonchev–Trinajstić information content (AvgIpc) is 2.94. The van der Waals surface area contributed by atoms with Gasteiger partial charge < -0.3 is 9.88 Å². The van der Waals surface area contributed by atoms with Crippen LogP contribution < -0.4 is 5.32 Å². The molecule has 0 spiro atoms. The van der Waals surface area contributed by atoms with Crippen molar-refractivity contribution in [2.75, 3.05) is 6.54 Å². The molecule has 1 aromatic heterocycles. The van der Waals surface area contributed by atoms with Gasteiger partial charge >= 0.3 is 0 Å². The van der Waals surface area contributed by atoms with Crippen LogP contribution >= 0.6 is 0 Å². The quantitative estimate of drug-likeness (QED) is 0.709. The maximum atomic E-state index is 14.0. The van der Waals surface area contributed by atoms with Crippen molar-refractivity contribution < 1.29 is 9.18 Å². The Bertz CT molecular complexity index is 885. The Kier molecular flexibility index (Phi) is 4.70. The summed E-state index contributed by atoms with van der Waals surface area (Å²) in [5.41, 5.74) is 2.42. The molecule has 122 valence electrons. The lowest BCUT2D eigenvalue weighted by Crippen LogP contribution is -2.24. The number of benzene rings is 2. The number of para-hydroxylation sites is 2. The van der Waals surface area contributed by atoms with Gasteiger partial charge in [-0.1, -0.05) is 36.9 Å². The Balaban J connectivity index is 1.91. The Labute approximate surface area is 139 Å². The lowest BCUT2D eigenvalue weighted by molar-refractivity contribution is -0.116. The van der Waals surface area contributed by atoms with E-state index in [4.69, 9.17) is 0 Å². The first-order valence-corrected chi connectivity index (χ1v) is 7.77. The zero-order valence-electron chi connectivity index (χ0n) is 13.2. The summed E-state index contributed by atoms with van der Waals surface area (Å²) in [5.74, 6) is 0.358. The van der Waals surface area contributed by atoms with Crippen molar-refractivity contribution in [2.45, 2.75) is 13.0 Å². The summed E-state index contributed by atoms with van der Waals surface area (Å²) in [4.78, 5) is 15.9. The molecule has 0 bridgehead atoms. The van der Waals surface area contributed by atoms with Crippen molar-refractivity contribution in [3.63, 3.8) is 0 Å². The molecule has 0 saturated heterocycles. The second-order valence-corrected chi connectivity index (χ2v) is 5.44. The molecular formula is C19H18FN3O. The molecule has 0 fully saturated rings. The Hall–Kier alpha value is -2.95. The molecule has 5 heteroatoms. The summed E-state index contributed by atoms with van der Waals surface area (Å²) < 4.78 is 16.0. The molecule has 1 amide bonds. The van der Waals surface area contributed by atoms with Gasteiger partial charge in [0.05, 0.1) is 17.6 Å². The van der Waals surface area contributed by atoms with Crippen LogP contribution in [0.25, 0.3) is 11.0 Å². The van der Waals surface area contributed by atoms with Gasteiger partial charge in [-0.3, -0.25) is 4.79 Å². The number of hydrogen-bond donors (Lipinski definition) is 1. The van der Waals surface area contributed by atoms with Crippen molar-refractivity contribution >= 4 is 16.9 Å². The van der Waals surface area contributed by atoms with Crippen LogP contribution in [0.2, 0.25) is 0 Å². The molecule has 1 N–H and O–H groups in total. The largest absolute Gasteiger partial charge is 0.352 e. The minimum atomic E-state index is -0.235. The first-order chi connectivity index (χ1) is 11.7. The van der Waals surface area contributed by atoms with Crippen LogP contribution in [0.15, 0.2) is 61.2 Å². The number of halogens is 1. The van der Waals surface area contributed by atoms with Crippen molar-refractivity contribution in [1.29, 1.82) is 0 Å². The van der Waals surface area contributed by atoms with Crippen molar-refractivity contribution in [1.82, 2.24) is 14.9 Å². The number of carbonyl (C=O) groups excluding carboxylic acids is 1. The minimum Gasteiger partial charge on any atom is -0.352 e. The Morgan fingerprint density at radius 1 is 1.21 bits per heavy atom. The second kappa shape index (κ2) is 7.08. The van der Waals surface area contributed by atoms with E-state index >= 15 is 0 Å². The topological polar surface area (TPSA) is 46.9 Å². The third-order valence-corrected chi connectivity index (χ3v) is 3.85. The smallest absolute Gasteiger partial charge is 0.243 e. The first kappa shape index (κ1) is 15.9. The molecule has 3 aromatic rings. The van der Waals surface area contributed by atoms with Crippen LogP contribution in [0.1, 0.15) is 11.4 Å². The average molecular weight is 323 g/mol. The van der Waals surface area contributed by atoms with E-state index in [1.807, 2.05) is 34.9 Å². The molecule has 2 aromatic carbocycles. The highest BCUT2D eigenvalue weighted by Gasteiger charge is 2.12. The second-order valence-electron chi connectivity index (χ2n) is 5.44. The number of carbonyl (C=O) groups is 1. The molecule has 24 heavy (non-hydrogen) atoms. The summed E-state index contributed by atoms with van der Waals surface area (Å²) in [6, 6.07) is 14.5. The van der Waals surface area contributed by atoms with Gasteiger partial charge in [-0.05, 0) is 24.3 Å².